The van der Waals surface area contributed by atoms with Gasteiger partial charge in [-0.1, -0.05) is 12.1 Å². The lowest BCUT2D eigenvalue weighted by Crippen LogP contribution is -2.31. The van der Waals surface area contributed by atoms with Gasteiger partial charge in [0.1, 0.15) is 0 Å². The summed E-state index contributed by atoms with van der Waals surface area (Å²) in [4.78, 5) is 2.18. The van der Waals surface area contributed by atoms with E-state index < -0.39 is 0 Å². The summed E-state index contributed by atoms with van der Waals surface area (Å²) in [7, 11) is 0. The second kappa shape index (κ2) is 10.6. The molecule has 0 fully saturated rings. The van der Waals surface area contributed by atoms with Crippen LogP contribution in [0.2, 0.25) is 0 Å². The first-order valence-electron chi connectivity index (χ1n) is 6.96. The largest absolute Gasteiger partial charge is 0.394 e. The summed E-state index contributed by atoms with van der Waals surface area (Å²) in [5.41, 5.74) is 2.34. The highest BCUT2D eigenvalue weighted by Crippen LogP contribution is 2.15. The first-order valence-corrected chi connectivity index (χ1v) is 6.96. The number of hydrogen-bond donors (Lipinski definition) is 2. The summed E-state index contributed by atoms with van der Waals surface area (Å²) < 4.78 is 10.6. The highest BCUT2D eigenvalue weighted by molar-refractivity contribution is 5.48. The average molecular weight is 283 g/mol. The predicted molar refractivity (Wildman–Crippen MR) is 79.2 cm³/mol. The van der Waals surface area contributed by atoms with Crippen LogP contribution in [0.1, 0.15) is 5.56 Å². The van der Waals surface area contributed by atoms with Gasteiger partial charge in [0.05, 0.1) is 39.6 Å². The fraction of sp³-hybridized carbons (Fsp3) is 0.600. The molecule has 0 atom stereocenters. The van der Waals surface area contributed by atoms with Crippen molar-refractivity contribution >= 4 is 5.69 Å². The molecule has 0 bridgehead atoms. The van der Waals surface area contributed by atoms with Crippen molar-refractivity contribution in [3.8, 4) is 0 Å². The minimum absolute atomic E-state index is 0.0457. The van der Waals surface area contributed by atoms with Crippen molar-refractivity contribution in [2.24, 2.45) is 0 Å². The number of nitrogens with zero attached hydrogens (tertiary/aromatic N) is 1. The van der Waals surface area contributed by atoms with Crippen molar-refractivity contribution in [3.05, 3.63) is 29.8 Å². The van der Waals surface area contributed by atoms with E-state index in [4.69, 9.17) is 19.7 Å². The van der Waals surface area contributed by atoms with Gasteiger partial charge in [0.15, 0.2) is 0 Å². The molecule has 1 rings (SSSR count). The van der Waals surface area contributed by atoms with Gasteiger partial charge in [-0.2, -0.15) is 0 Å². The number of anilines is 1. The molecule has 0 aliphatic rings. The summed E-state index contributed by atoms with van der Waals surface area (Å²) in [6, 6.07) is 8.27. The maximum Gasteiger partial charge on any atom is 0.0698 e. The van der Waals surface area contributed by atoms with E-state index in [1.807, 2.05) is 6.07 Å². The number of aliphatic hydroxyl groups excluding tert-OH is 2. The number of aryl methyl sites for hydroxylation is 1. The molecule has 0 radical (unpaired) electrons. The van der Waals surface area contributed by atoms with Crippen LogP contribution in [0.3, 0.4) is 0 Å². The summed E-state index contributed by atoms with van der Waals surface area (Å²) in [6.07, 6.45) is 0. The summed E-state index contributed by atoms with van der Waals surface area (Å²) in [5.74, 6) is 0. The predicted octanol–water partition coefficient (Wildman–Crippen LogP) is 0.819. The first-order chi connectivity index (χ1) is 9.77. The molecule has 0 aliphatic heterocycles. The van der Waals surface area contributed by atoms with Crippen LogP contribution in [0.25, 0.3) is 0 Å². The third-order valence-corrected chi connectivity index (χ3v) is 2.85. The van der Waals surface area contributed by atoms with Gasteiger partial charge in [0.2, 0.25) is 0 Å². The highest BCUT2D eigenvalue weighted by atomic mass is 16.5. The Kier molecular flexibility index (Phi) is 8.98. The van der Waals surface area contributed by atoms with Gasteiger partial charge in [-0.15, -0.1) is 0 Å². The Morgan fingerprint density at radius 1 is 0.950 bits per heavy atom. The molecule has 114 valence electrons. The maximum atomic E-state index is 8.70. The van der Waals surface area contributed by atoms with Crippen molar-refractivity contribution in [2.45, 2.75) is 6.92 Å². The number of rotatable bonds is 11. The van der Waals surface area contributed by atoms with Crippen molar-refractivity contribution in [3.63, 3.8) is 0 Å². The third-order valence-electron chi connectivity index (χ3n) is 2.85. The summed E-state index contributed by atoms with van der Waals surface area (Å²) in [6.45, 7) is 5.49. The lowest BCUT2D eigenvalue weighted by atomic mass is 10.2. The standard InChI is InChI=1S/C15H25NO4/c1-14-3-2-4-15(13-14)16(5-9-19-11-7-17)6-10-20-12-8-18/h2-4,13,17-18H,5-12H2,1H3. The zero-order chi connectivity index (χ0) is 14.6. The lowest BCUT2D eigenvalue weighted by molar-refractivity contribution is 0.0884. The number of ether oxygens (including phenoxy) is 2. The molecule has 0 unspecified atom stereocenters. The Morgan fingerprint density at radius 2 is 1.55 bits per heavy atom. The summed E-state index contributed by atoms with van der Waals surface area (Å²) >= 11 is 0. The molecule has 0 spiro atoms. The zero-order valence-electron chi connectivity index (χ0n) is 12.1. The first kappa shape index (κ1) is 16.9. The normalized spacial score (nSPS) is 10.8. The van der Waals surface area contributed by atoms with E-state index >= 15 is 0 Å². The molecular formula is C15H25NO4. The highest BCUT2D eigenvalue weighted by Gasteiger charge is 2.06. The van der Waals surface area contributed by atoms with Crippen LogP contribution in [0.4, 0.5) is 5.69 Å². The topological polar surface area (TPSA) is 62.2 Å². The Labute approximate surface area is 120 Å². The van der Waals surface area contributed by atoms with Gasteiger partial charge in [-0.25, -0.2) is 0 Å². The minimum atomic E-state index is 0.0457. The van der Waals surface area contributed by atoms with Crippen molar-refractivity contribution < 1.29 is 19.7 Å². The molecule has 5 nitrogen and oxygen atoms in total. The Bertz CT molecular complexity index is 347. The summed E-state index contributed by atoms with van der Waals surface area (Å²) in [5, 5.41) is 17.4. The van der Waals surface area contributed by atoms with Crippen LogP contribution >= 0.6 is 0 Å². The Morgan fingerprint density at radius 3 is 2.05 bits per heavy atom. The molecule has 0 aliphatic carbocycles. The van der Waals surface area contributed by atoms with Gasteiger partial charge in [-0.3, -0.25) is 0 Å². The monoisotopic (exact) mass is 283 g/mol. The molecule has 0 aromatic heterocycles. The number of hydrogen-bond acceptors (Lipinski definition) is 5. The number of benzene rings is 1. The molecule has 2 N–H and O–H groups in total. The maximum absolute atomic E-state index is 8.70. The van der Waals surface area contributed by atoms with E-state index in [9.17, 15) is 0 Å². The second-order valence-electron chi connectivity index (χ2n) is 4.50. The van der Waals surface area contributed by atoms with Crippen molar-refractivity contribution in [2.75, 3.05) is 57.6 Å². The molecular weight excluding hydrogens is 258 g/mol. The van der Waals surface area contributed by atoms with Crippen LogP contribution < -0.4 is 4.90 Å². The third kappa shape index (κ3) is 6.86. The Hall–Kier alpha value is -1.14. The Balaban J connectivity index is 2.49. The fourth-order valence-electron chi connectivity index (χ4n) is 1.88. The van der Waals surface area contributed by atoms with Crippen LogP contribution in [0.5, 0.6) is 0 Å². The zero-order valence-corrected chi connectivity index (χ0v) is 12.1. The number of aliphatic hydroxyl groups is 2. The molecule has 0 saturated carbocycles. The minimum Gasteiger partial charge on any atom is -0.394 e. The van der Waals surface area contributed by atoms with Gasteiger partial charge in [0.25, 0.3) is 0 Å². The SMILES string of the molecule is Cc1cccc(N(CCOCCO)CCOCCO)c1. The van der Waals surface area contributed by atoms with E-state index in [0.717, 1.165) is 18.8 Å². The van der Waals surface area contributed by atoms with Crippen LogP contribution in [-0.2, 0) is 9.47 Å². The lowest BCUT2D eigenvalue weighted by Gasteiger charge is -2.25. The van der Waals surface area contributed by atoms with Crippen LogP contribution in [0.15, 0.2) is 24.3 Å². The van der Waals surface area contributed by atoms with Gasteiger partial charge in [0, 0.05) is 18.8 Å². The van der Waals surface area contributed by atoms with E-state index in [1.54, 1.807) is 0 Å². The quantitative estimate of drug-likeness (QED) is 0.589. The van der Waals surface area contributed by atoms with E-state index in [1.165, 1.54) is 5.56 Å². The smallest absolute Gasteiger partial charge is 0.0698 e. The molecule has 20 heavy (non-hydrogen) atoms. The van der Waals surface area contributed by atoms with Gasteiger partial charge < -0.3 is 24.6 Å². The molecule has 5 heteroatoms. The molecule has 0 saturated heterocycles. The molecule has 0 heterocycles. The molecule has 1 aromatic carbocycles. The van der Waals surface area contributed by atoms with E-state index in [0.29, 0.717) is 26.4 Å². The van der Waals surface area contributed by atoms with Crippen LogP contribution in [0, 0.1) is 6.92 Å². The van der Waals surface area contributed by atoms with E-state index in [-0.39, 0.29) is 13.2 Å². The molecule has 0 amide bonds. The van der Waals surface area contributed by atoms with Crippen LogP contribution in [-0.4, -0.2) is 62.9 Å². The fourth-order valence-corrected chi connectivity index (χ4v) is 1.88. The van der Waals surface area contributed by atoms with Crippen molar-refractivity contribution in [1.82, 2.24) is 0 Å². The van der Waals surface area contributed by atoms with E-state index in [2.05, 4.69) is 30.0 Å². The second-order valence-corrected chi connectivity index (χ2v) is 4.50. The van der Waals surface area contributed by atoms with Gasteiger partial charge >= 0.3 is 0 Å². The average Bonchev–Trinajstić information content (AvgIpc) is 2.45. The molecule has 1 aromatic rings. The van der Waals surface area contributed by atoms with Crippen molar-refractivity contribution in [1.29, 1.82) is 0 Å². The van der Waals surface area contributed by atoms with Gasteiger partial charge in [-0.05, 0) is 24.6 Å².